The number of aryl methyl sites for hydroxylation is 1. The maximum absolute atomic E-state index is 10.7. The standard InChI is InChI=1S/C12H15NO3/c14-9-13-11(12(15)16)8-4-7-10-5-2-1-3-6-10/h1-3,5-6,9,11H,4,7-8H2,(H,13,14)(H,15,16). The van der Waals surface area contributed by atoms with Crippen molar-refractivity contribution in [3.8, 4) is 0 Å². The first-order chi connectivity index (χ1) is 7.74. The number of aliphatic carboxylic acids is 1. The first-order valence-electron chi connectivity index (χ1n) is 5.20. The summed E-state index contributed by atoms with van der Waals surface area (Å²) in [5.41, 5.74) is 1.18. The molecule has 16 heavy (non-hydrogen) atoms. The fourth-order valence-electron chi connectivity index (χ4n) is 1.52. The van der Waals surface area contributed by atoms with Crippen molar-refractivity contribution in [2.45, 2.75) is 25.3 Å². The lowest BCUT2D eigenvalue weighted by Crippen LogP contribution is -2.35. The van der Waals surface area contributed by atoms with E-state index in [0.29, 0.717) is 12.8 Å². The molecule has 0 saturated carbocycles. The molecule has 0 saturated heterocycles. The van der Waals surface area contributed by atoms with Crippen LogP contribution in [0.15, 0.2) is 30.3 Å². The van der Waals surface area contributed by atoms with Gasteiger partial charge in [-0.25, -0.2) is 4.79 Å². The molecule has 86 valence electrons. The van der Waals surface area contributed by atoms with Gasteiger partial charge < -0.3 is 10.4 Å². The van der Waals surface area contributed by atoms with Crippen LogP contribution in [0.1, 0.15) is 18.4 Å². The van der Waals surface area contributed by atoms with E-state index in [1.54, 1.807) is 0 Å². The molecule has 0 aliphatic heterocycles. The van der Waals surface area contributed by atoms with Gasteiger partial charge >= 0.3 is 5.97 Å². The van der Waals surface area contributed by atoms with E-state index in [4.69, 9.17) is 5.11 Å². The maximum atomic E-state index is 10.7. The Kier molecular flexibility index (Phi) is 5.05. The van der Waals surface area contributed by atoms with Gasteiger partial charge in [0.05, 0.1) is 0 Å². The number of benzene rings is 1. The Balaban J connectivity index is 2.33. The zero-order valence-corrected chi connectivity index (χ0v) is 8.93. The van der Waals surface area contributed by atoms with E-state index in [9.17, 15) is 9.59 Å². The minimum atomic E-state index is -0.986. The predicted molar refractivity (Wildman–Crippen MR) is 60.0 cm³/mol. The van der Waals surface area contributed by atoms with E-state index in [1.165, 1.54) is 5.56 Å². The number of nitrogens with one attached hydrogen (secondary N) is 1. The molecular formula is C12H15NO3. The molecule has 0 aromatic heterocycles. The third-order valence-electron chi connectivity index (χ3n) is 2.37. The van der Waals surface area contributed by atoms with Crippen molar-refractivity contribution >= 4 is 12.4 Å². The zero-order chi connectivity index (χ0) is 11.8. The number of carbonyl (C=O) groups is 2. The highest BCUT2D eigenvalue weighted by Crippen LogP contribution is 2.06. The number of carbonyl (C=O) groups excluding carboxylic acids is 1. The van der Waals surface area contributed by atoms with Crippen LogP contribution in [0.4, 0.5) is 0 Å². The van der Waals surface area contributed by atoms with Crippen LogP contribution in [-0.4, -0.2) is 23.5 Å². The molecule has 0 radical (unpaired) electrons. The first-order valence-corrected chi connectivity index (χ1v) is 5.20. The Hall–Kier alpha value is -1.84. The van der Waals surface area contributed by atoms with Crippen molar-refractivity contribution in [1.29, 1.82) is 0 Å². The third kappa shape index (κ3) is 4.13. The topological polar surface area (TPSA) is 66.4 Å². The van der Waals surface area contributed by atoms with Crippen LogP contribution in [0.25, 0.3) is 0 Å². The van der Waals surface area contributed by atoms with Gasteiger partial charge in [-0.2, -0.15) is 0 Å². The molecule has 4 nitrogen and oxygen atoms in total. The molecule has 2 N–H and O–H groups in total. The highest BCUT2D eigenvalue weighted by Gasteiger charge is 2.14. The summed E-state index contributed by atoms with van der Waals surface area (Å²) in [5.74, 6) is -0.986. The lowest BCUT2D eigenvalue weighted by atomic mass is 10.0. The van der Waals surface area contributed by atoms with Crippen molar-refractivity contribution in [2.75, 3.05) is 0 Å². The van der Waals surface area contributed by atoms with Gasteiger partial charge in [0, 0.05) is 0 Å². The number of amides is 1. The second kappa shape index (κ2) is 6.61. The monoisotopic (exact) mass is 221 g/mol. The summed E-state index contributed by atoms with van der Waals surface area (Å²) in [5, 5.41) is 11.1. The minimum Gasteiger partial charge on any atom is -0.480 e. The van der Waals surface area contributed by atoms with Gasteiger partial charge in [0.1, 0.15) is 6.04 Å². The van der Waals surface area contributed by atoms with E-state index in [-0.39, 0.29) is 0 Å². The lowest BCUT2D eigenvalue weighted by molar-refractivity contribution is -0.140. The van der Waals surface area contributed by atoms with E-state index < -0.39 is 12.0 Å². The Labute approximate surface area is 94.3 Å². The number of hydrogen-bond acceptors (Lipinski definition) is 2. The normalized spacial score (nSPS) is 11.8. The van der Waals surface area contributed by atoms with Crippen LogP contribution < -0.4 is 5.32 Å². The molecule has 1 rings (SSSR count). The highest BCUT2D eigenvalue weighted by molar-refractivity contribution is 5.76. The molecule has 0 spiro atoms. The van der Waals surface area contributed by atoms with Gasteiger partial charge in [-0.3, -0.25) is 4.79 Å². The fraction of sp³-hybridized carbons (Fsp3) is 0.333. The molecule has 0 bridgehead atoms. The zero-order valence-electron chi connectivity index (χ0n) is 8.93. The Morgan fingerprint density at radius 1 is 1.38 bits per heavy atom. The molecule has 0 fully saturated rings. The van der Waals surface area contributed by atoms with E-state index in [2.05, 4.69) is 5.32 Å². The molecule has 1 aromatic carbocycles. The number of rotatable bonds is 7. The Morgan fingerprint density at radius 3 is 2.62 bits per heavy atom. The molecule has 0 aliphatic carbocycles. The molecule has 1 atom stereocenters. The first kappa shape index (κ1) is 12.2. The number of carboxylic acids is 1. The molecule has 1 amide bonds. The summed E-state index contributed by atoms with van der Waals surface area (Å²) >= 11 is 0. The van der Waals surface area contributed by atoms with Gasteiger partial charge in [0.2, 0.25) is 6.41 Å². The van der Waals surface area contributed by atoms with Crippen molar-refractivity contribution in [2.24, 2.45) is 0 Å². The summed E-state index contributed by atoms with van der Waals surface area (Å²) in [4.78, 5) is 20.9. The SMILES string of the molecule is O=CNC(CCCc1ccccc1)C(=O)O. The van der Waals surface area contributed by atoms with Gasteiger partial charge in [-0.05, 0) is 24.8 Å². The largest absolute Gasteiger partial charge is 0.480 e. The third-order valence-corrected chi connectivity index (χ3v) is 2.37. The summed E-state index contributed by atoms with van der Waals surface area (Å²) in [6.45, 7) is 0. The fourth-order valence-corrected chi connectivity index (χ4v) is 1.52. The van der Waals surface area contributed by atoms with Crippen LogP contribution >= 0.6 is 0 Å². The summed E-state index contributed by atoms with van der Waals surface area (Å²) in [6, 6.07) is 9.08. The average molecular weight is 221 g/mol. The van der Waals surface area contributed by atoms with Gasteiger partial charge in [-0.1, -0.05) is 30.3 Å². The Morgan fingerprint density at radius 2 is 2.06 bits per heavy atom. The van der Waals surface area contributed by atoms with Crippen LogP contribution in [0.5, 0.6) is 0 Å². The quantitative estimate of drug-likeness (QED) is 0.680. The Bertz CT molecular complexity index is 337. The lowest BCUT2D eigenvalue weighted by Gasteiger charge is -2.10. The van der Waals surface area contributed by atoms with E-state index >= 15 is 0 Å². The van der Waals surface area contributed by atoms with E-state index in [1.807, 2.05) is 30.3 Å². The van der Waals surface area contributed by atoms with Crippen molar-refractivity contribution in [3.63, 3.8) is 0 Å². The predicted octanol–water partition coefficient (Wildman–Crippen LogP) is 1.21. The van der Waals surface area contributed by atoms with Gasteiger partial charge in [0.25, 0.3) is 0 Å². The molecule has 0 heterocycles. The highest BCUT2D eigenvalue weighted by atomic mass is 16.4. The van der Waals surface area contributed by atoms with Gasteiger partial charge in [0.15, 0.2) is 0 Å². The average Bonchev–Trinajstić information content (AvgIpc) is 2.29. The molecular weight excluding hydrogens is 206 g/mol. The molecule has 1 aromatic rings. The van der Waals surface area contributed by atoms with Crippen LogP contribution in [0.3, 0.4) is 0 Å². The molecule has 4 heteroatoms. The number of carboxylic acid groups (broad SMARTS) is 1. The van der Waals surface area contributed by atoms with Crippen LogP contribution in [0, 0.1) is 0 Å². The minimum absolute atomic E-state index is 0.432. The van der Waals surface area contributed by atoms with Crippen molar-refractivity contribution < 1.29 is 14.7 Å². The van der Waals surface area contributed by atoms with Crippen molar-refractivity contribution in [1.82, 2.24) is 5.32 Å². The van der Waals surface area contributed by atoms with Crippen LogP contribution in [0.2, 0.25) is 0 Å². The smallest absolute Gasteiger partial charge is 0.326 e. The maximum Gasteiger partial charge on any atom is 0.326 e. The van der Waals surface area contributed by atoms with Gasteiger partial charge in [-0.15, -0.1) is 0 Å². The summed E-state index contributed by atoms with van der Waals surface area (Å²) in [7, 11) is 0. The summed E-state index contributed by atoms with van der Waals surface area (Å²) in [6.07, 6.45) is 2.44. The second-order valence-corrected chi connectivity index (χ2v) is 3.55. The molecule has 0 aliphatic rings. The van der Waals surface area contributed by atoms with Crippen LogP contribution in [-0.2, 0) is 16.0 Å². The summed E-state index contributed by atoms with van der Waals surface area (Å²) < 4.78 is 0. The van der Waals surface area contributed by atoms with E-state index in [0.717, 1.165) is 12.8 Å². The molecule has 1 unspecified atom stereocenters. The van der Waals surface area contributed by atoms with Crippen molar-refractivity contribution in [3.05, 3.63) is 35.9 Å². The second-order valence-electron chi connectivity index (χ2n) is 3.55. The number of hydrogen-bond donors (Lipinski definition) is 2.